The molecule has 0 spiro atoms. The first-order valence-corrected chi connectivity index (χ1v) is 6.34. The fraction of sp³-hybridized carbons (Fsp3) is 0.188. The van der Waals surface area contributed by atoms with E-state index in [1.165, 1.54) is 0 Å². The van der Waals surface area contributed by atoms with Crippen molar-refractivity contribution >= 4 is 27.9 Å². The van der Waals surface area contributed by atoms with Crippen LogP contribution in [0.1, 0.15) is 12.5 Å². The Labute approximate surface area is 110 Å². The lowest BCUT2D eigenvalue weighted by molar-refractivity contribution is -0.142. The minimum Gasteiger partial charge on any atom is -0.466 e. The number of benzene rings is 2. The van der Waals surface area contributed by atoms with E-state index in [0.717, 1.165) is 27.5 Å². The maximum atomic E-state index is 11.7. The summed E-state index contributed by atoms with van der Waals surface area (Å²) in [4.78, 5) is 11.7. The van der Waals surface area contributed by atoms with Gasteiger partial charge in [0, 0.05) is 10.8 Å². The van der Waals surface area contributed by atoms with Crippen molar-refractivity contribution in [1.29, 1.82) is 0 Å². The molecule has 0 saturated heterocycles. The minimum atomic E-state index is -0.208. The highest BCUT2D eigenvalue weighted by atomic mass is 16.5. The molecule has 0 N–H and O–H groups in total. The highest BCUT2D eigenvalue weighted by molar-refractivity contribution is 6.07. The summed E-state index contributed by atoms with van der Waals surface area (Å²) in [5, 5.41) is 2.04. The Bertz CT molecular complexity index is 740. The zero-order chi connectivity index (χ0) is 13.2. The highest BCUT2D eigenvalue weighted by Crippen LogP contribution is 2.31. The zero-order valence-electron chi connectivity index (χ0n) is 10.7. The third-order valence-corrected chi connectivity index (χ3v) is 3.13. The van der Waals surface area contributed by atoms with Crippen LogP contribution in [0.4, 0.5) is 0 Å². The first-order valence-electron chi connectivity index (χ1n) is 6.34. The second-order valence-electron chi connectivity index (χ2n) is 4.37. The van der Waals surface area contributed by atoms with Crippen LogP contribution in [0, 0.1) is 0 Å². The number of carbonyl (C=O) groups is 1. The average Bonchev–Trinajstić information content (AvgIpc) is 2.78. The van der Waals surface area contributed by atoms with Crippen LogP contribution in [-0.4, -0.2) is 12.6 Å². The van der Waals surface area contributed by atoms with Crippen molar-refractivity contribution in [3.05, 3.63) is 48.0 Å². The Kier molecular flexibility index (Phi) is 2.95. The average molecular weight is 254 g/mol. The van der Waals surface area contributed by atoms with Crippen molar-refractivity contribution in [3.8, 4) is 0 Å². The van der Waals surface area contributed by atoms with E-state index in [0.29, 0.717) is 6.61 Å². The Morgan fingerprint density at radius 3 is 2.74 bits per heavy atom. The number of fused-ring (bicyclic) bond motifs is 3. The monoisotopic (exact) mass is 254 g/mol. The molecule has 0 fully saturated rings. The number of ether oxygens (including phenoxy) is 1. The fourth-order valence-corrected chi connectivity index (χ4v) is 2.36. The molecule has 2 aromatic carbocycles. The largest absolute Gasteiger partial charge is 0.466 e. The summed E-state index contributed by atoms with van der Waals surface area (Å²) in [5.74, 6) is -0.208. The van der Waals surface area contributed by atoms with Gasteiger partial charge in [0.25, 0.3) is 0 Å². The van der Waals surface area contributed by atoms with E-state index in [4.69, 9.17) is 9.15 Å². The van der Waals surface area contributed by atoms with Crippen molar-refractivity contribution < 1.29 is 13.9 Å². The first kappa shape index (κ1) is 11.8. The molecule has 0 amide bonds. The Morgan fingerprint density at radius 1 is 1.11 bits per heavy atom. The molecular weight excluding hydrogens is 240 g/mol. The molecule has 0 atom stereocenters. The predicted octanol–water partition coefficient (Wildman–Crippen LogP) is 3.69. The van der Waals surface area contributed by atoms with Gasteiger partial charge >= 0.3 is 5.97 Å². The number of rotatable bonds is 3. The summed E-state index contributed by atoms with van der Waals surface area (Å²) in [6, 6.07) is 13.6. The lowest BCUT2D eigenvalue weighted by Gasteiger charge is -2.03. The molecule has 0 bridgehead atoms. The molecule has 3 nitrogen and oxygen atoms in total. The van der Waals surface area contributed by atoms with E-state index in [2.05, 4.69) is 0 Å². The fourth-order valence-electron chi connectivity index (χ4n) is 2.36. The Morgan fingerprint density at radius 2 is 1.89 bits per heavy atom. The van der Waals surface area contributed by atoms with Gasteiger partial charge in [-0.2, -0.15) is 0 Å². The third kappa shape index (κ3) is 2.08. The van der Waals surface area contributed by atoms with E-state index >= 15 is 0 Å². The second kappa shape index (κ2) is 4.76. The van der Waals surface area contributed by atoms with Crippen LogP contribution in [0.15, 0.2) is 46.9 Å². The molecule has 3 aromatic rings. The van der Waals surface area contributed by atoms with Crippen LogP contribution >= 0.6 is 0 Å². The molecule has 0 radical (unpaired) electrons. The molecule has 0 aliphatic carbocycles. The first-order chi connectivity index (χ1) is 9.29. The number of hydrogen-bond donors (Lipinski definition) is 0. The highest BCUT2D eigenvalue weighted by Gasteiger charge is 2.13. The number of hydrogen-bond acceptors (Lipinski definition) is 3. The molecular formula is C16H14O3. The van der Waals surface area contributed by atoms with Gasteiger partial charge in [0.1, 0.15) is 11.2 Å². The van der Waals surface area contributed by atoms with Crippen molar-refractivity contribution in [2.45, 2.75) is 13.3 Å². The maximum absolute atomic E-state index is 11.7. The molecule has 1 heterocycles. The van der Waals surface area contributed by atoms with Gasteiger partial charge in [-0.15, -0.1) is 0 Å². The SMILES string of the molecule is CCOC(=O)Cc1cccc2oc3ccccc3c12. The molecule has 0 aliphatic rings. The van der Waals surface area contributed by atoms with Gasteiger partial charge in [-0.3, -0.25) is 4.79 Å². The summed E-state index contributed by atoms with van der Waals surface area (Å²) >= 11 is 0. The second-order valence-corrected chi connectivity index (χ2v) is 4.37. The zero-order valence-corrected chi connectivity index (χ0v) is 10.7. The number of furan rings is 1. The molecule has 3 rings (SSSR count). The van der Waals surface area contributed by atoms with E-state index in [1.807, 2.05) is 49.4 Å². The van der Waals surface area contributed by atoms with E-state index in [9.17, 15) is 4.79 Å². The molecule has 1 aromatic heterocycles. The number of para-hydroxylation sites is 1. The van der Waals surface area contributed by atoms with Gasteiger partial charge < -0.3 is 9.15 Å². The summed E-state index contributed by atoms with van der Waals surface area (Å²) in [6.45, 7) is 2.21. The van der Waals surface area contributed by atoms with Crippen LogP contribution in [0.25, 0.3) is 21.9 Å². The van der Waals surface area contributed by atoms with Gasteiger partial charge in [-0.25, -0.2) is 0 Å². The molecule has 3 heteroatoms. The molecule has 19 heavy (non-hydrogen) atoms. The van der Waals surface area contributed by atoms with Crippen molar-refractivity contribution in [2.24, 2.45) is 0 Å². The van der Waals surface area contributed by atoms with Crippen LogP contribution in [0.3, 0.4) is 0 Å². The predicted molar refractivity (Wildman–Crippen MR) is 74.1 cm³/mol. The minimum absolute atomic E-state index is 0.208. The van der Waals surface area contributed by atoms with Gasteiger partial charge in [0.2, 0.25) is 0 Å². The van der Waals surface area contributed by atoms with Gasteiger partial charge in [0.15, 0.2) is 0 Å². The van der Waals surface area contributed by atoms with Gasteiger partial charge in [-0.1, -0.05) is 30.3 Å². The van der Waals surface area contributed by atoms with E-state index < -0.39 is 0 Å². The summed E-state index contributed by atoms with van der Waals surface area (Å²) in [5.41, 5.74) is 2.60. The normalized spacial score (nSPS) is 11.0. The summed E-state index contributed by atoms with van der Waals surface area (Å²) in [7, 11) is 0. The Balaban J connectivity index is 2.16. The van der Waals surface area contributed by atoms with Crippen LogP contribution in [-0.2, 0) is 16.0 Å². The lowest BCUT2D eigenvalue weighted by atomic mass is 10.0. The summed E-state index contributed by atoms with van der Waals surface area (Å²) in [6.07, 6.45) is 0.273. The van der Waals surface area contributed by atoms with Crippen molar-refractivity contribution in [3.63, 3.8) is 0 Å². The van der Waals surface area contributed by atoms with E-state index in [1.54, 1.807) is 0 Å². The smallest absolute Gasteiger partial charge is 0.310 e. The third-order valence-electron chi connectivity index (χ3n) is 3.13. The summed E-state index contributed by atoms with van der Waals surface area (Å²) < 4.78 is 10.8. The van der Waals surface area contributed by atoms with Crippen LogP contribution in [0.5, 0.6) is 0 Å². The van der Waals surface area contributed by atoms with Gasteiger partial charge in [0.05, 0.1) is 13.0 Å². The van der Waals surface area contributed by atoms with Crippen LogP contribution in [0.2, 0.25) is 0 Å². The number of carbonyl (C=O) groups excluding carboxylic acids is 1. The Hall–Kier alpha value is -2.29. The maximum Gasteiger partial charge on any atom is 0.310 e. The van der Waals surface area contributed by atoms with E-state index in [-0.39, 0.29) is 12.4 Å². The van der Waals surface area contributed by atoms with Gasteiger partial charge in [-0.05, 0) is 24.6 Å². The topological polar surface area (TPSA) is 39.4 Å². The molecule has 0 saturated carbocycles. The molecule has 0 aliphatic heterocycles. The molecule has 96 valence electrons. The number of esters is 1. The quantitative estimate of drug-likeness (QED) is 0.669. The molecule has 0 unspecified atom stereocenters. The van der Waals surface area contributed by atoms with Crippen molar-refractivity contribution in [2.75, 3.05) is 6.61 Å². The standard InChI is InChI=1S/C16H14O3/c1-2-18-15(17)10-11-6-5-9-14-16(11)12-7-3-4-8-13(12)19-14/h3-9H,2,10H2,1H3. The van der Waals surface area contributed by atoms with Crippen molar-refractivity contribution in [1.82, 2.24) is 0 Å². The lowest BCUT2D eigenvalue weighted by Crippen LogP contribution is -2.07. The van der Waals surface area contributed by atoms with Crippen LogP contribution < -0.4 is 0 Å².